The molecule has 0 aromatic heterocycles. The zero-order chi connectivity index (χ0) is 6.69. The summed E-state index contributed by atoms with van der Waals surface area (Å²) >= 11 is 0. The van der Waals surface area contributed by atoms with Gasteiger partial charge in [0.2, 0.25) is 0 Å². The molecule has 1 N–H and O–H groups in total. The maximum absolute atomic E-state index is 9.23. The van der Waals surface area contributed by atoms with Crippen LogP contribution in [0.1, 0.15) is 19.3 Å². The van der Waals surface area contributed by atoms with Crippen molar-refractivity contribution < 1.29 is 5.11 Å². The summed E-state index contributed by atoms with van der Waals surface area (Å²) in [5.41, 5.74) is 0. The molecule has 0 aliphatic heterocycles. The third kappa shape index (κ3) is 1.52. The Labute approximate surface area is 55.6 Å². The number of hydrogen-bond donors (Lipinski definition) is 1. The van der Waals surface area contributed by atoms with Crippen molar-refractivity contribution in [3.63, 3.8) is 0 Å². The first-order valence-electron chi connectivity index (χ1n) is 3.45. The molecule has 2 atom stereocenters. The summed E-state index contributed by atoms with van der Waals surface area (Å²) in [5.74, 6) is 0.343. The minimum absolute atomic E-state index is 0.117. The number of aliphatic hydroxyl groups excluding tert-OH is 1. The first kappa shape index (κ1) is 6.75. The molecule has 1 rings (SSSR count). The van der Waals surface area contributed by atoms with E-state index in [1.54, 1.807) is 7.05 Å². The Morgan fingerprint density at radius 2 is 2.33 bits per heavy atom. The molecular formula is C7H13NO. The summed E-state index contributed by atoms with van der Waals surface area (Å²) in [6.07, 6.45) is 4.96. The highest BCUT2D eigenvalue weighted by atomic mass is 16.3. The van der Waals surface area contributed by atoms with E-state index in [0.717, 1.165) is 19.3 Å². The van der Waals surface area contributed by atoms with Crippen molar-refractivity contribution >= 4 is 6.21 Å². The molecule has 52 valence electrons. The van der Waals surface area contributed by atoms with E-state index in [-0.39, 0.29) is 6.10 Å². The molecule has 0 aromatic rings. The number of aliphatic hydroxyl groups is 1. The van der Waals surface area contributed by atoms with Crippen molar-refractivity contribution in [3.8, 4) is 0 Å². The zero-order valence-electron chi connectivity index (χ0n) is 5.75. The molecule has 0 bridgehead atoms. The van der Waals surface area contributed by atoms with Crippen LogP contribution in [0.25, 0.3) is 0 Å². The number of rotatable bonds is 1. The van der Waals surface area contributed by atoms with Crippen molar-refractivity contribution in [3.05, 3.63) is 0 Å². The van der Waals surface area contributed by atoms with Crippen molar-refractivity contribution in [1.82, 2.24) is 0 Å². The third-order valence-electron chi connectivity index (χ3n) is 1.87. The SMILES string of the molecule is C/N=C/C1CCC[C@H]1O. The van der Waals surface area contributed by atoms with Gasteiger partial charge in [0, 0.05) is 19.2 Å². The van der Waals surface area contributed by atoms with Crippen LogP contribution in [-0.4, -0.2) is 24.5 Å². The van der Waals surface area contributed by atoms with Crippen LogP contribution < -0.4 is 0 Å². The molecule has 1 unspecified atom stereocenters. The molecule has 0 aromatic carbocycles. The topological polar surface area (TPSA) is 32.6 Å². The molecule has 1 aliphatic rings. The molecule has 1 saturated carbocycles. The maximum atomic E-state index is 9.23. The lowest BCUT2D eigenvalue weighted by Crippen LogP contribution is -2.13. The van der Waals surface area contributed by atoms with Gasteiger partial charge in [-0.2, -0.15) is 0 Å². The van der Waals surface area contributed by atoms with E-state index < -0.39 is 0 Å². The van der Waals surface area contributed by atoms with Crippen LogP contribution in [0.5, 0.6) is 0 Å². The molecule has 1 fully saturated rings. The molecule has 0 saturated heterocycles. The van der Waals surface area contributed by atoms with Gasteiger partial charge < -0.3 is 10.1 Å². The van der Waals surface area contributed by atoms with Crippen molar-refractivity contribution in [2.45, 2.75) is 25.4 Å². The minimum atomic E-state index is -0.117. The van der Waals surface area contributed by atoms with Gasteiger partial charge in [-0.3, -0.25) is 0 Å². The fraction of sp³-hybridized carbons (Fsp3) is 0.857. The molecule has 2 heteroatoms. The molecule has 0 spiro atoms. The van der Waals surface area contributed by atoms with E-state index in [4.69, 9.17) is 0 Å². The number of hydrogen-bond acceptors (Lipinski definition) is 2. The van der Waals surface area contributed by atoms with Gasteiger partial charge in [-0.15, -0.1) is 0 Å². The van der Waals surface area contributed by atoms with Crippen LogP contribution in [-0.2, 0) is 0 Å². The van der Waals surface area contributed by atoms with Crippen LogP contribution >= 0.6 is 0 Å². The van der Waals surface area contributed by atoms with Crippen LogP contribution in [0.15, 0.2) is 4.99 Å². The first-order valence-corrected chi connectivity index (χ1v) is 3.45. The van der Waals surface area contributed by atoms with Crippen molar-refractivity contribution in [2.24, 2.45) is 10.9 Å². The monoisotopic (exact) mass is 127 g/mol. The van der Waals surface area contributed by atoms with Gasteiger partial charge in [0.25, 0.3) is 0 Å². The smallest absolute Gasteiger partial charge is 0.0617 e. The standard InChI is InChI=1S/C7H13NO/c1-8-5-6-3-2-4-7(6)9/h5-7,9H,2-4H2,1H3/b8-5+/t6?,7-/m1/s1. The summed E-state index contributed by atoms with van der Waals surface area (Å²) in [6, 6.07) is 0. The van der Waals surface area contributed by atoms with Crippen LogP contribution in [0, 0.1) is 5.92 Å². The van der Waals surface area contributed by atoms with E-state index in [1.807, 2.05) is 6.21 Å². The highest BCUT2D eigenvalue weighted by molar-refractivity contribution is 5.61. The van der Waals surface area contributed by atoms with Crippen LogP contribution in [0.4, 0.5) is 0 Å². The molecule has 0 amide bonds. The average molecular weight is 127 g/mol. The molecule has 1 aliphatic carbocycles. The van der Waals surface area contributed by atoms with Gasteiger partial charge in [0.15, 0.2) is 0 Å². The van der Waals surface area contributed by atoms with E-state index >= 15 is 0 Å². The van der Waals surface area contributed by atoms with Gasteiger partial charge in [-0.05, 0) is 12.8 Å². The number of aliphatic imine (C=N–C) groups is 1. The summed E-state index contributed by atoms with van der Waals surface area (Å²) < 4.78 is 0. The Kier molecular flexibility index (Phi) is 2.22. The quantitative estimate of drug-likeness (QED) is 0.520. The average Bonchev–Trinajstić information content (AvgIpc) is 2.18. The first-order chi connectivity index (χ1) is 4.34. The third-order valence-corrected chi connectivity index (χ3v) is 1.87. The fourth-order valence-electron chi connectivity index (χ4n) is 1.33. The zero-order valence-corrected chi connectivity index (χ0v) is 5.75. The van der Waals surface area contributed by atoms with Crippen LogP contribution in [0.3, 0.4) is 0 Å². The molecule has 2 nitrogen and oxygen atoms in total. The van der Waals surface area contributed by atoms with Crippen molar-refractivity contribution in [1.29, 1.82) is 0 Å². The predicted molar refractivity (Wildman–Crippen MR) is 37.8 cm³/mol. The fourth-order valence-corrected chi connectivity index (χ4v) is 1.33. The van der Waals surface area contributed by atoms with Gasteiger partial charge in [-0.25, -0.2) is 0 Å². The molecular weight excluding hydrogens is 114 g/mol. The Morgan fingerprint density at radius 1 is 1.56 bits per heavy atom. The van der Waals surface area contributed by atoms with Gasteiger partial charge in [0.1, 0.15) is 0 Å². The molecule has 0 radical (unpaired) electrons. The predicted octanol–water partition coefficient (Wildman–Crippen LogP) is 0.848. The second kappa shape index (κ2) is 2.97. The largest absolute Gasteiger partial charge is 0.392 e. The molecule has 9 heavy (non-hydrogen) atoms. The number of nitrogens with zero attached hydrogens (tertiary/aromatic N) is 1. The van der Waals surface area contributed by atoms with E-state index in [0.29, 0.717) is 5.92 Å². The van der Waals surface area contributed by atoms with E-state index in [9.17, 15) is 5.11 Å². The summed E-state index contributed by atoms with van der Waals surface area (Å²) in [7, 11) is 1.76. The molecule has 0 heterocycles. The Bertz CT molecular complexity index is 111. The highest BCUT2D eigenvalue weighted by Gasteiger charge is 2.22. The van der Waals surface area contributed by atoms with Crippen LogP contribution in [0.2, 0.25) is 0 Å². The lowest BCUT2D eigenvalue weighted by Gasteiger charge is -2.05. The normalized spacial score (nSPS) is 36.2. The van der Waals surface area contributed by atoms with E-state index in [2.05, 4.69) is 4.99 Å². The Balaban J connectivity index is 2.39. The Morgan fingerprint density at radius 3 is 2.78 bits per heavy atom. The minimum Gasteiger partial charge on any atom is -0.392 e. The lowest BCUT2D eigenvalue weighted by molar-refractivity contribution is 0.162. The van der Waals surface area contributed by atoms with Gasteiger partial charge in [-0.1, -0.05) is 6.42 Å². The summed E-state index contributed by atoms with van der Waals surface area (Å²) in [6.45, 7) is 0. The maximum Gasteiger partial charge on any atom is 0.0617 e. The van der Waals surface area contributed by atoms with Gasteiger partial charge in [0.05, 0.1) is 6.10 Å². The Hall–Kier alpha value is -0.370. The lowest BCUT2D eigenvalue weighted by atomic mass is 10.1. The summed E-state index contributed by atoms with van der Waals surface area (Å²) in [5, 5.41) is 9.23. The second-order valence-corrected chi connectivity index (χ2v) is 2.57. The summed E-state index contributed by atoms with van der Waals surface area (Å²) in [4.78, 5) is 3.88. The van der Waals surface area contributed by atoms with E-state index in [1.165, 1.54) is 0 Å². The second-order valence-electron chi connectivity index (χ2n) is 2.57. The highest BCUT2D eigenvalue weighted by Crippen LogP contribution is 2.23. The van der Waals surface area contributed by atoms with Crippen molar-refractivity contribution in [2.75, 3.05) is 7.05 Å². The van der Waals surface area contributed by atoms with Gasteiger partial charge >= 0.3 is 0 Å².